The number of fused-ring (bicyclic) bond motifs is 1. The Morgan fingerprint density at radius 3 is 2.41 bits per heavy atom. The standard InChI is InChI=1S/C36H42FN3O4/c1-4-5-32-31(36(42)43)19-30-33(38-32)14-17-40(35(30)41)27-12-15-39(16-13-27)21-25-18-28(23-6-7-23)29(20-34(25)44-22(2)3)24-8-10-26(37)11-9-24/h8-11,18-20,22-23,27H,4-7,12-17,21H2,1-3H3,(H,42,43). The van der Waals surface area contributed by atoms with Gasteiger partial charge in [-0.1, -0.05) is 25.5 Å². The number of aromatic nitrogens is 1. The van der Waals surface area contributed by atoms with Crippen LogP contribution in [0.3, 0.4) is 0 Å². The normalized spacial score (nSPS) is 17.7. The summed E-state index contributed by atoms with van der Waals surface area (Å²) in [4.78, 5) is 34.5. The van der Waals surface area contributed by atoms with Crippen LogP contribution in [0.1, 0.15) is 102 Å². The van der Waals surface area contributed by atoms with E-state index in [0.717, 1.165) is 61.5 Å². The number of nitrogens with zero attached hydrogens (tertiary/aromatic N) is 3. The highest BCUT2D eigenvalue weighted by Gasteiger charge is 2.35. The van der Waals surface area contributed by atoms with Crippen molar-refractivity contribution in [2.45, 2.75) is 90.3 Å². The molecular formula is C36H42FN3O4. The summed E-state index contributed by atoms with van der Waals surface area (Å²) >= 11 is 0. The van der Waals surface area contributed by atoms with Crippen LogP contribution in [0.15, 0.2) is 42.5 Å². The number of hydrogen-bond acceptors (Lipinski definition) is 5. The summed E-state index contributed by atoms with van der Waals surface area (Å²) in [5.41, 5.74) is 6.50. The highest BCUT2D eigenvalue weighted by Crippen LogP contribution is 2.47. The van der Waals surface area contributed by atoms with Gasteiger partial charge in [0.05, 0.1) is 28.6 Å². The topological polar surface area (TPSA) is 83.0 Å². The van der Waals surface area contributed by atoms with E-state index in [9.17, 15) is 19.1 Å². The predicted octanol–water partition coefficient (Wildman–Crippen LogP) is 6.87. The molecule has 3 heterocycles. The number of halogens is 1. The summed E-state index contributed by atoms with van der Waals surface area (Å²) in [6.45, 7) is 9.16. The maximum absolute atomic E-state index is 13.7. The second-order valence-corrected chi connectivity index (χ2v) is 12.8. The summed E-state index contributed by atoms with van der Waals surface area (Å²) in [6.07, 6.45) is 6.12. The van der Waals surface area contributed by atoms with Gasteiger partial charge in [0, 0.05) is 44.2 Å². The third-order valence-electron chi connectivity index (χ3n) is 9.14. The third-order valence-corrected chi connectivity index (χ3v) is 9.14. The zero-order chi connectivity index (χ0) is 31.0. The van der Waals surface area contributed by atoms with E-state index in [0.29, 0.717) is 36.6 Å². The van der Waals surface area contributed by atoms with Gasteiger partial charge in [0.25, 0.3) is 5.91 Å². The van der Waals surface area contributed by atoms with Gasteiger partial charge in [0.15, 0.2) is 0 Å². The van der Waals surface area contributed by atoms with E-state index >= 15 is 0 Å². The van der Waals surface area contributed by atoms with Gasteiger partial charge in [-0.05, 0) is 98.9 Å². The Kier molecular flexibility index (Phi) is 8.72. The highest BCUT2D eigenvalue weighted by molar-refractivity contribution is 5.99. The Balaban J connectivity index is 1.18. The van der Waals surface area contributed by atoms with Crippen LogP contribution in [-0.4, -0.2) is 63.5 Å². The molecule has 0 atom stereocenters. The number of carbonyl (C=O) groups is 2. The summed E-state index contributed by atoms with van der Waals surface area (Å²) in [7, 11) is 0. The maximum Gasteiger partial charge on any atom is 0.337 e. The van der Waals surface area contributed by atoms with Crippen LogP contribution in [0.5, 0.6) is 5.75 Å². The van der Waals surface area contributed by atoms with Crippen molar-refractivity contribution in [1.82, 2.24) is 14.8 Å². The summed E-state index contributed by atoms with van der Waals surface area (Å²) in [6, 6.07) is 12.9. The first-order chi connectivity index (χ1) is 21.2. The average molecular weight is 600 g/mol. The number of rotatable bonds is 10. The fourth-order valence-corrected chi connectivity index (χ4v) is 6.79. The minimum absolute atomic E-state index is 0.0227. The molecule has 2 aromatic carbocycles. The molecule has 2 aliphatic heterocycles. The molecule has 1 amide bonds. The number of piperidine rings is 1. The molecule has 1 N–H and O–H groups in total. The van der Waals surface area contributed by atoms with Crippen molar-refractivity contribution >= 4 is 11.9 Å². The van der Waals surface area contributed by atoms with Gasteiger partial charge in [-0.2, -0.15) is 0 Å². The molecule has 0 radical (unpaired) electrons. The van der Waals surface area contributed by atoms with Crippen molar-refractivity contribution in [1.29, 1.82) is 0 Å². The zero-order valence-electron chi connectivity index (χ0n) is 25.9. The second kappa shape index (κ2) is 12.7. The molecule has 232 valence electrons. The highest BCUT2D eigenvalue weighted by atomic mass is 19.1. The fraction of sp³-hybridized carbons (Fsp3) is 0.472. The van der Waals surface area contributed by atoms with E-state index in [4.69, 9.17) is 4.74 Å². The summed E-state index contributed by atoms with van der Waals surface area (Å²) in [5, 5.41) is 9.75. The lowest BCUT2D eigenvalue weighted by Gasteiger charge is -2.40. The Morgan fingerprint density at radius 2 is 1.77 bits per heavy atom. The smallest absolute Gasteiger partial charge is 0.337 e. The number of aryl methyl sites for hydroxylation is 1. The number of pyridine rings is 1. The van der Waals surface area contributed by atoms with Gasteiger partial charge in [-0.25, -0.2) is 9.18 Å². The monoisotopic (exact) mass is 599 g/mol. The zero-order valence-corrected chi connectivity index (χ0v) is 25.9. The Hall–Kier alpha value is -3.78. The number of amides is 1. The largest absolute Gasteiger partial charge is 0.491 e. The molecule has 3 aromatic rings. The first-order valence-electron chi connectivity index (χ1n) is 16.1. The van der Waals surface area contributed by atoms with E-state index in [1.54, 1.807) is 6.07 Å². The maximum atomic E-state index is 13.7. The van der Waals surface area contributed by atoms with Crippen molar-refractivity contribution in [2.24, 2.45) is 0 Å². The number of carbonyl (C=O) groups excluding carboxylic acids is 1. The van der Waals surface area contributed by atoms with Crippen LogP contribution in [0.25, 0.3) is 11.1 Å². The number of carboxylic acids is 1. The van der Waals surface area contributed by atoms with E-state index in [1.165, 1.54) is 36.1 Å². The van der Waals surface area contributed by atoms with E-state index in [-0.39, 0.29) is 29.4 Å². The number of hydrogen-bond donors (Lipinski definition) is 1. The number of benzene rings is 2. The quantitative estimate of drug-likeness (QED) is 0.274. The van der Waals surface area contributed by atoms with Gasteiger partial charge in [-0.3, -0.25) is 14.7 Å². The Labute approximate surface area is 259 Å². The predicted molar refractivity (Wildman–Crippen MR) is 168 cm³/mol. The molecule has 0 spiro atoms. The molecule has 2 fully saturated rings. The van der Waals surface area contributed by atoms with E-state index < -0.39 is 5.97 Å². The van der Waals surface area contributed by atoms with Crippen LogP contribution in [0, 0.1) is 5.82 Å². The van der Waals surface area contributed by atoms with Crippen molar-refractivity contribution < 1.29 is 23.8 Å². The minimum Gasteiger partial charge on any atom is -0.491 e. The SMILES string of the molecule is CCCc1nc2c(cc1C(=O)O)C(=O)N(C1CCN(Cc3cc(C4CC4)c(-c4ccc(F)cc4)cc3OC(C)C)CC1)CC2. The average Bonchev–Trinajstić information content (AvgIpc) is 3.84. The first-order valence-corrected chi connectivity index (χ1v) is 16.1. The molecule has 0 unspecified atom stereocenters. The molecule has 1 saturated heterocycles. The minimum atomic E-state index is -1.03. The first kappa shape index (κ1) is 30.3. The van der Waals surface area contributed by atoms with Gasteiger partial charge >= 0.3 is 5.97 Å². The molecule has 44 heavy (non-hydrogen) atoms. The number of ether oxygens (including phenoxy) is 1. The number of aromatic carboxylic acids is 1. The second-order valence-electron chi connectivity index (χ2n) is 12.8. The lowest BCUT2D eigenvalue weighted by Crippen LogP contribution is -2.50. The molecule has 0 bridgehead atoms. The van der Waals surface area contributed by atoms with Gasteiger partial charge in [0.1, 0.15) is 11.6 Å². The summed E-state index contributed by atoms with van der Waals surface area (Å²) < 4.78 is 20.0. The summed E-state index contributed by atoms with van der Waals surface area (Å²) in [5.74, 6) is 0.0328. The molecule has 1 aliphatic carbocycles. The van der Waals surface area contributed by atoms with Gasteiger partial charge < -0.3 is 14.7 Å². The number of carboxylic acid groups (broad SMARTS) is 1. The molecular weight excluding hydrogens is 557 g/mol. The molecule has 1 aromatic heterocycles. The van der Waals surface area contributed by atoms with Gasteiger partial charge in [0.2, 0.25) is 0 Å². The van der Waals surface area contributed by atoms with Crippen LogP contribution < -0.4 is 4.74 Å². The van der Waals surface area contributed by atoms with Crippen molar-refractivity contribution in [3.8, 4) is 16.9 Å². The molecule has 7 nitrogen and oxygen atoms in total. The van der Waals surface area contributed by atoms with E-state index in [1.807, 2.05) is 37.8 Å². The van der Waals surface area contributed by atoms with Crippen molar-refractivity contribution in [2.75, 3.05) is 19.6 Å². The fourth-order valence-electron chi connectivity index (χ4n) is 6.79. The van der Waals surface area contributed by atoms with Crippen LogP contribution in [0.2, 0.25) is 0 Å². The van der Waals surface area contributed by atoms with Crippen LogP contribution in [0.4, 0.5) is 4.39 Å². The molecule has 8 heteroatoms. The van der Waals surface area contributed by atoms with Gasteiger partial charge in [-0.15, -0.1) is 0 Å². The van der Waals surface area contributed by atoms with Crippen LogP contribution in [-0.2, 0) is 19.4 Å². The van der Waals surface area contributed by atoms with E-state index in [2.05, 4.69) is 22.0 Å². The van der Waals surface area contributed by atoms with Crippen molar-refractivity contribution in [3.63, 3.8) is 0 Å². The molecule has 6 rings (SSSR count). The van der Waals surface area contributed by atoms with Crippen molar-refractivity contribution in [3.05, 3.63) is 81.9 Å². The Bertz CT molecular complexity index is 1540. The molecule has 3 aliphatic rings. The lowest BCUT2D eigenvalue weighted by molar-refractivity contribution is 0.0542. The molecule has 1 saturated carbocycles. The number of likely N-dealkylation sites (tertiary alicyclic amines) is 1. The third kappa shape index (κ3) is 6.36. The lowest BCUT2D eigenvalue weighted by atomic mass is 9.93. The Morgan fingerprint density at radius 1 is 1.05 bits per heavy atom. The van der Waals surface area contributed by atoms with Crippen LogP contribution >= 0.6 is 0 Å².